The highest BCUT2D eigenvalue weighted by Crippen LogP contribution is 2.28. The number of aromatic nitrogens is 2. The van der Waals surface area contributed by atoms with E-state index < -0.39 is 6.04 Å². The molecule has 1 N–H and O–H groups in total. The molecule has 0 fully saturated rings. The summed E-state index contributed by atoms with van der Waals surface area (Å²) < 4.78 is 26.0. The lowest BCUT2D eigenvalue weighted by atomic mass is 10.1. The van der Waals surface area contributed by atoms with E-state index in [1.54, 1.807) is 61.5 Å². The molecule has 0 saturated carbocycles. The summed E-state index contributed by atoms with van der Waals surface area (Å²) in [7, 11) is 4.93. The van der Waals surface area contributed by atoms with Crippen LogP contribution in [-0.2, 0) is 11.8 Å². The van der Waals surface area contributed by atoms with Gasteiger partial charge in [0.15, 0.2) is 11.5 Å². The minimum absolute atomic E-state index is 0.336. The molecule has 2 aromatic carbocycles. The molecule has 29 heavy (non-hydrogen) atoms. The number of carbonyl (C=O) groups excluding carboxylic acids is 1. The van der Waals surface area contributed by atoms with Crippen LogP contribution in [0.1, 0.15) is 23.0 Å². The van der Waals surface area contributed by atoms with Crippen molar-refractivity contribution in [3.63, 3.8) is 0 Å². The maximum absolute atomic E-state index is 13.7. The third kappa shape index (κ3) is 4.82. The molecular weight excluding hydrogens is 373 g/mol. The number of hydrogen-bond acceptors (Lipinski definition) is 4. The minimum Gasteiger partial charge on any atom is -0.493 e. The quantitative estimate of drug-likeness (QED) is 0.622. The largest absolute Gasteiger partial charge is 0.493 e. The molecule has 0 saturated heterocycles. The first-order valence-corrected chi connectivity index (χ1v) is 8.95. The van der Waals surface area contributed by atoms with Crippen LogP contribution in [0.3, 0.4) is 0 Å². The van der Waals surface area contributed by atoms with Crippen LogP contribution >= 0.6 is 0 Å². The number of aryl methyl sites for hydroxylation is 1. The number of ether oxygens (including phenoxy) is 2. The number of rotatable bonds is 7. The first-order chi connectivity index (χ1) is 14.0. The van der Waals surface area contributed by atoms with Crippen LogP contribution in [0.2, 0.25) is 0 Å². The number of methoxy groups -OCH3 is 2. The van der Waals surface area contributed by atoms with E-state index in [4.69, 9.17) is 9.47 Å². The molecule has 3 aromatic rings. The summed E-state index contributed by atoms with van der Waals surface area (Å²) in [6, 6.07) is 10.9. The lowest BCUT2D eigenvalue weighted by Crippen LogP contribution is -2.29. The van der Waals surface area contributed by atoms with Gasteiger partial charge in [0.1, 0.15) is 17.7 Å². The number of amides is 1. The topological polar surface area (TPSA) is 65.4 Å². The molecule has 1 atom stereocenters. The first-order valence-electron chi connectivity index (χ1n) is 8.95. The zero-order valence-electron chi connectivity index (χ0n) is 16.4. The van der Waals surface area contributed by atoms with Gasteiger partial charge in [-0.3, -0.25) is 4.79 Å². The van der Waals surface area contributed by atoms with Gasteiger partial charge in [0.05, 0.1) is 14.2 Å². The minimum atomic E-state index is -0.590. The van der Waals surface area contributed by atoms with Gasteiger partial charge < -0.3 is 19.4 Å². The van der Waals surface area contributed by atoms with Gasteiger partial charge in [0, 0.05) is 25.5 Å². The van der Waals surface area contributed by atoms with Crippen molar-refractivity contribution >= 4 is 12.0 Å². The van der Waals surface area contributed by atoms with Crippen molar-refractivity contribution in [3.8, 4) is 11.5 Å². The van der Waals surface area contributed by atoms with Crippen molar-refractivity contribution in [1.29, 1.82) is 0 Å². The standard InChI is InChI=1S/C22H22FN3O3/c1-26-12-11-24-22(26)21(16-5-4-6-17(23)14-16)25-20(27)10-8-15-7-9-18(28-2)19(13-15)29-3/h4-14,21H,1-3H3,(H,25,27)/b10-8+. The second-order valence-electron chi connectivity index (χ2n) is 6.34. The normalized spacial score (nSPS) is 12.0. The smallest absolute Gasteiger partial charge is 0.244 e. The van der Waals surface area contributed by atoms with Crippen LogP contribution in [0.25, 0.3) is 6.08 Å². The van der Waals surface area contributed by atoms with E-state index in [1.807, 2.05) is 13.1 Å². The molecule has 1 unspecified atom stereocenters. The van der Waals surface area contributed by atoms with Crippen LogP contribution in [0.5, 0.6) is 11.5 Å². The molecule has 6 nitrogen and oxygen atoms in total. The second kappa shape index (κ2) is 9.05. The van der Waals surface area contributed by atoms with Crippen LogP contribution in [0.4, 0.5) is 4.39 Å². The van der Waals surface area contributed by atoms with Gasteiger partial charge in [-0.25, -0.2) is 9.37 Å². The monoisotopic (exact) mass is 395 g/mol. The van der Waals surface area contributed by atoms with E-state index in [0.717, 1.165) is 5.56 Å². The highest BCUT2D eigenvalue weighted by atomic mass is 19.1. The van der Waals surface area contributed by atoms with E-state index in [2.05, 4.69) is 10.3 Å². The van der Waals surface area contributed by atoms with E-state index in [0.29, 0.717) is 22.9 Å². The van der Waals surface area contributed by atoms with Gasteiger partial charge in [-0.1, -0.05) is 18.2 Å². The summed E-state index contributed by atoms with van der Waals surface area (Å²) in [4.78, 5) is 16.9. The molecule has 1 heterocycles. The molecular formula is C22H22FN3O3. The summed E-state index contributed by atoms with van der Waals surface area (Å²) in [5.74, 6) is 1.06. The van der Waals surface area contributed by atoms with E-state index in [-0.39, 0.29) is 11.7 Å². The Hall–Kier alpha value is -3.61. The van der Waals surface area contributed by atoms with Crippen molar-refractivity contribution in [3.05, 3.63) is 83.7 Å². The summed E-state index contributed by atoms with van der Waals surface area (Å²) >= 11 is 0. The number of imidazole rings is 1. The molecule has 1 aromatic heterocycles. The predicted molar refractivity (Wildman–Crippen MR) is 108 cm³/mol. The fourth-order valence-corrected chi connectivity index (χ4v) is 2.96. The van der Waals surface area contributed by atoms with Gasteiger partial charge in [0.2, 0.25) is 5.91 Å². The molecule has 7 heteroatoms. The maximum atomic E-state index is 13.7. The number of carbonyl (C=O) groups is 1. The molecule has 0 radical (unpaired) electrons. The van der Waals surface area contributed by atoms with Gasteiger partial charge in [-0.05, 0) is 41.5 Å². The zero-order chi connectivity index (χ0) is 20.8. The molecule has 0 aliphatic rings. The Labute approximate surface area is 168 Å². The summed E-state index contributed by atoms with van der Waals surface area (Å²) in [5, 5.41) is 2.89. The van der Waals surface area contributed by atoms with Gasteiger partial charge in [0.25, 0.3) is 0 Å². The number of hydrogen-bond donors (Lipinski definition) is 1. The fourth-order valence-electron chi connectivity index (χ4n) is 2.96. The van der Waals surface area contributed by atoms with Gasteiger partial charge in [-0.15, -0.1) is 0 Å². The summed E-state index contributed by atoms with van der Waals surface area (Å²) in [6.45, 7) is 0. The van der Waals surface area contributed by atoms with Crippen LogP contribution in [0, 0.1) is 5.82 Å². The first kappa shape index (κ1) is 20.1. The van der Waals surface area contributed by atoms with Crippen LogP contribution in [0.15, 0.2) is 60.9 Å². The lowest BCUT2D eigenvalue weighted by molar-refractivity contribution is -0.117. The Morgan fingerprint density at radius 1 is 1.17 bits per heavy atom. The van der Waals surface area contributed by atoms with Gasteiger partial charge >= 0.3 is 0 Å². The molecule has 1 amide bonds. The molecule has 0 bridgehead atoms. The Kier molecular flexibility index (Phi) is 6.29. The van der Waals surface area contributed by atoms with E-state index in [1.165, 1.54) is 18.2 Å². The Balaban J connectivity index is 1.82. The number of benzene rings is 2. The van der Waals surface area contributed by atoms with Crippen molar-refractivity contribution in [2.75, 3.05) is 14.2 Å². The SMILES string of the molecule is COc1ccc(/C=C/C(=O)NC(c2cccc(F)c2)c2nccn2C)cc1OC. The molecule has 0 aliphatic heterocycles. The second-order valence-corrected chi connectivity index (χ2v) is 6.34. The molecule has 0 aliphatic carbocycles. The Bertz CT molecular complexity index is 1030. The van der Waals surface area contributed by atoms with Crippen molar-refractivity contribution < 1.29 is 18.7 Å². The maximum Gasteiger partial charge on any atom is 0.244 e. The van der Waals surface area contributed by atoms with E-state index >= 15 is 0 Å². The van der Waals surface area contributed by atoms with Crippen LogP contribution in [-0.4, -0.2) is 29.7 Å². The van der Waals surface area contributed by atoms with Crippen molar-refractivity contribution in [2.45, 2.75) is 6.04 Å². The number of nitrogens with zero attached hydrogens (tertiary/aromatic N) is 2. The van der Waals surface area contributed by atoms with Crippen molar-refractivity contribution in [2.24, 2.45) is 7.05 Å². The Morgan fingerprint density at radius 3 is 2.62 bits per heavy atom. The molecule has 3 rings (SSSR count). The number of nitrogens with one attached hydrogen (secondary N) is 1. The third-order valence-electron chi connectivity index (χ3n) is 4.42. The predicted octanol–water partition coefficient (Wildman–Crippen LogP) is 3.50. The average Bonchev–Trinajstić information content (AvgIpc) is 3.15. The van der Waals surface area contributed by atoms with Gasteiger partial charge in [-0.2, -0.15) is 0 Å². The van der Waals surface area contributed by atoms with Crippen LogP contribution < -0.4 is 14.8 Å². The third-order valence-corrected chi connectivity index (χ3v) is 4.42. The van der Waals surface area contributed by atoms with E-state index in [9.17, 15) is 9.18 Å². The summed E-state index contributed by atoms with van der Waals surface area (Å²) in [5.41, 5.74) is 1.38. The zero-order valence-corrected chi connectivity index (χ0v) is 16.4. The average molecular weight is 395 g/mol. The molecule has 150 valence electrons. The molecule has 0 spiro atoms. The fraction of sp³-hybridized carbons (Fsp3) is 0.182. The number of halogens is 1. The summed E-state index contributed by atoms with van der Waals surface area (Å²) in [6.07, 6.45) is 6.48. The highest BCUT2D eigenvalue weighted by Gasteiger charge is 2.20. The highest BCUT2D eigenvalue weighted by molar-refractivity contribution is 5.92. The van der Waals surface area contributed by atoms with Crippen molar-refractivity contribution in [1.82, 2.24) is 14.9 Å². The lowest BCUT2D eigenvalue weighted by Gasteiger charge is -2.18. The Morgan fingerprint density at radius 2 is 1.97 bits per heavy atom.